The molecule has 1 aromatic heterocycles. The van der Waals surface area contributed by atoms with Crippen molar-refractivity contribution in [1.82, 2.24) is 0 Å². The largest absolute Gasteiger partial charge is 0.472 e. The number of aliphatic hydroxyl groups is 1. The van der Waals surface area contributed by atoms with Gasteiger partial charge < -0.3 is 23.7 Å². The topological polar surface area (TPSA) is 78.1 Å². The maximum absolute atomic E-state index is 12.6. The van der Waals surface area contributed by atoms with Crippen molar-refractivity contribution in [2.45, 2.75) is 57.7 Å². The molecule has 1 N–H and O–H groups in total. The molecule has 1 unspecified atom stereocenters. The van der Waals surface area contributed by atoms with Crippen LogP contribution >= 0.6 is 0 Å². The van der Waals surface area contributed by atoms with Gasteiger partial charge in [0.1, 0.15) is 0 Å². The highest BCUT2D eigenvalue weighted by atomic mass is 16.7. The summed E-state index contributed by atoms with van der Waals surface area (Å²) in [5.41, 5.74) is 0.653. The predicted molar refractivity (Wildman–Crippen MR) is 94.1 cm³/mol. The molecule has 1 saturated carbocycles. The lowest BCUT2D eigenvalue weighted by Gasteiger charge is -2.64. The predicted octanol–water partition coefficient (Wildman–Crippen LogP) is 3.33. The van der Waals surface area contributed by atoms with Gasteiger partial charge in [-0.2, -0.15) is 0 Å². The SMILES string of the molecule is COC(=O)C1=CCC[C@@H]2C13CC[C@H](C)[C@@]21C[C@H](c2ccoc2)O[C@H]1O[C@@H]3O. The minimum Gasteiger partial charge on any atom is -0.472 e. The molecule has 27 heavy (non-hydrogen) atoms. The van der Waals surface area contributed by atoms with Crippen LogP contribution in [0.3, 0.4) is 0 Å². The number of rotatable bonds is 2. The Balaban J connectivity index is 1.62. The molecule has 2 aliphatic carbocycles. The Kier molecular flexibility index (Phi) is 3.84. The van der Waals surface area contributed by atoms with Crippen LogP contribution < -0.4 is 0 Å². The number of ether oxygens (including phenoxy) is 3. The lowest BCUT2D eigenvalue weighted by Crippen LogP contribution is -2.66. The van der Waals surface area contributed by atoms with Crippen molar-refractivity contribution >= 4 is 5.97 Å². The van der Waals surface area contributed by atoms with Crippen LogP contribution in [0.4, 0.5) is 0 Å². The molecule has 6 heteroatoms. The molecule has 2 aliphatic heterocycles. The van der Waals surface area contributed by atoms with Gasteiger partial charge in [0.25, 0.3) is 0 Å². The van der Waals surface area contributed by atoms with Gasteiger partial charge in [0.15, 0.2) is 12.6 Å². The highest BCUT2D eigenvalue weighted by Gasteiger charge is 2.72. The van der Waals surface area contributed by atoms with Crippen LogP contribution in [0.2, 0.25) is 0 Å². The van der Waals surface area contributed by atoms with E-state index in [1.165, 1.54) is 7.11 Å². The first-order chi connectivity index (χ1) is 13.0. The number of hydrogen-bond donors (Lipinski definition) is 1. The lowest BCUT2D eigenvalue weighted by molar-refractivity contribution is -0.360. The molecule has 4 aliphatic rings. The summed E-state index contributed by atoms with van der Waals surface area (Å²) in [5, 5.41) is 11.1. The van der Waals surface area contributed by atoms with Gasteiger partial charge >= 0.3 is 5.97 Å². The molecular formula is C21H26O6. The molecule has 3 heterocycles. The number of furan rings is 1. The molecule has 0 radical (unpaired) electrons. The second kappa shape index (κ2) is 5.93. The van der Waals surface area contributed by atoms with Gasteiger partial charge in [0, 0.05) is 16.6 Å². The molecule has 5 rings (SSSR count). The molecule has 2 saturated heterocycles. The molecule has 146 valence electrons. The van der Waals surface area contributed by atoms with Crippen LogP contribution in [-0.2, 0) is 19.0 Å². The van der Waals surface area contributed by atoms with Crippen molar-refractivity contribution < 1.29 is 28.5 Å². The van der Waals surface area contributed by atoms with E-state index in [0.717, 1.165) is 37.7 Å². The third-order valence-electron chi connectivity index (χ3n) is 7.76. The fourth-order valence-corrected chi connectivity index (χ4v) is 6.50. The van der Waals surface area contributed by atoms with E-state index in [1.54, 1.807) is 12.5 Å². The van der Waals surface area contributed by atoms with E-state index in [0.29, 0.717) is 11.5 Å². The minimum atomic E-state index is -1.07. The molecule has 3 fully saturated rings. The van der Waals surface area contributed by atoms with Crippen LogP contribution in [0.25, 0.3) is 0 Å². The fourth-order valence-electron chi connectivity index (χ4n) is 6.50. The maximum Gasteiger partial charge on any atom is 0.334 e. The average Bonchev–Trinajstić information content (AvgIpc) is 3.33. The second-order valence-corrected chi connectivity index (χ2v) is 8.54. The van der Waals surface area contributed by atoms with Crippen molar-refractivity contribution in [3.05, 3.63) is 35.8 Å². The van der Waals surface area contributed by atoms with Gasteiger partial charge in [0.2, 0.25) is 0 Å². The van der Waals surface area contributed by atoms with E-state index >= 15 is 0 Å². The Labute approximate surface area is 158 Å². The number of carbonyl (C=O) groups excluding carboxylic acids is 1. The number of hydrogen-bond acceptors (Lipinski definition) is 6. The van der Waals surface area contributed by atoms with Crippen LogP contribution in [0.15, 0.2) is 34.7 Å². The monoisotopic (exact) mass is 374 g/mol. The zero-order valence-corrected chi connectivity index (χ0v) is 15.7. The number of allylic oxidation sites excluding steroid dienone is 1. The van der Waals surface area contributed by atoms with Gasteiger partial charge in [-0.15, -0.1) is 0 Å². The van der Waals surface area contributed by atoms with Crippen molar-refractivity contribution in [3.63, 3.8) is 0 Å². The van der Waals surface area contributed by atoms with E-state index in [2.05, 4.69) is 6.92 Å². The Hall–Kier alpha value is -1.63. The summed E-state index contributed by atoms with van der Waals surface area (Å²) in [4.78, 5) is 12.6. The summed E-state index contributed by atoms with van der Waals surface area (Å²) < 4.78 is 22.8. The van der Waals surface area contributed by atoms with Crippen molar-refractivity contribution in [2.24, 2.45) is 22.7 Å². The Morgan fingerprint density at radius 1 is 1.33 bits per heavy atom. The third kappa shape index (κ3) is 2.09. The molecular weight excluding hydrogens is 348 g/mol. The van der Waals surface area contributed by atoms with E-state index < -0.39 is 18.0 Å². The summed E-state index contributed by atoms with van der Waals surface area (Å²) in [6.45, 7) is 2.26. The highest BCUT2D eigenvalue weighted by Crippen LogP contribution is 2.71. The van der Waals surface area contributed by atoms with Crippen LogP contribution in [0, 0.1) is 22.7 Å². The summed E-state index contributed by atoms with van der Waals surface area (Å²) in [6.07, 6.45) is 7.84. The van der Waals surface area contributed by atoms with E-state index in [1.807, 2.05) is 12.1 Å². The highest BCUT2D eigenvalue weighted by molar-refractivity contribution is 5.90. The quantitative estimate of drug-likeness (QED) is 0.800. The van der Waals surface area contributed by atoms with Crippen molar-refractivity contribution in [3.8, 4) is 0 Å². The van der Waals surface area contributed by atoms with E-state index in [-0.39, 0.29) is 23.4 Å². The Morgan fingerprint density at radius 3 is 2.93 bits per heavy atom. The third-order valence-corrected chi connectivity index (χ3v) is 7.76. The smallest absolute Gasteiger partial charge is 0.334 e. The van der Waals surface area contributed by atoms with Crippen molar-refractivity contribution in [1.29, 1.82) is 0 Å². The van der Waals surface area contributed by atoms with Gasteiger partial charge in [-0.1, -0.05) is 13.0 Å². The maximum atomic E-state index is 12.6. The summed E-state index contributed by atoms with van der Waals surface area (Å²) in [6, 6.07) is 1.93. The fraction of sp³-hybridized carbons (Fsp3) is 0.667. The zero-order chi connectivity index (χ0) is 18.8. The summed E-state index contributed by atoms with van der Waals surface area (Å²) in [7, 11) is 1.40. The normalized spacial score (nSPS) is 45.6. The first kappa shape index (κ1) is 17.5. The van der Waals surface area contributed by atoms with E-state index in [9.17, 15) is 9.90 Å². The molecule has 1 spiro atoms. The summed E-state index contributed by atoms with van der Waals surface area (Å²) >= 11 is 0. The summed E-state index contributed by atoms with van der Waals surface area (Å²) in [5.74, 6) is 0.149. The lowest BCUT2D eigenvalue weighted by atomic mass is 9.44. The number of methoxy groups -OCH3 is 1. The standard InChI is InChI=1S/C21H26O6/c1-12-6-8-20-14(17(22)24-2)4-3-5-16(20)21(12)10-15(13-7-9-25-11-13)26-19(21)27-18(20)23/h4,7,9,11-12,15-16,18-19,23H,3,5-6,8,10H2,1-2H3/t12-,15+,16+,18-,19-,20?,21-/m0/s1. The number of carbonyl (C=O) groups is 1. The zero-order valence-electron chi connectivity index (χ0n) is 15.7. The minimum absolute atomic E-state index is 0.121. The molecule has 6 nitrogen and oxygen atoms in total. The first-order valence-corrected chi connectivity index (χ1v) is 9.84. The number of aliphatic hydroxyl groups excluding tert-OH is 1. The van der Waals surface area contributed by atoms with Crippen LogP contribution in [0.5, 0.6) is 0 Å². The van der Waals surface area contributed by atoms with Gasteiger partial charge in [-0.05, 0) is 50.0 Å². The second-order valence-electron chi connectivity index (χ2n) is 8.54. The molecule has 0 amide bonds. The molecule has 0 aromatic carbocycles. The molecule has 2 bridgehead atoms. The Bertz CT molecular complexity index is 770. The molecule has 7 atom stereocenters. The van der Waals surface area contributed by atoms with Gasteiger partial charge in [-0.25, -0.2) is 4.79 Å². The molecule has 1 aromatic rings. The number of esters is 1. The van der Waals surface area contributed by atoms with Crippen LogP contribution in [-0.4, -0.2) is 30.8 Å². The average molecular weight is 374 g/mol. The first-order valence-electron chi connectivity index (χ1n) is 9.84. The van der Waals surface area contributed by atoms with Gasteiger partial charge in [0.05, 0.1) is 31.2 Å². The van der Waals surface area contributed by atoms with Crippen LogP contribution in [0.1, 0.15) is 50.7 Å². The van der Waals surface area contributed by atoms with E-state index in [4.69, 9.17) is 18.6 Å². The van der Waals surface area contributed by atoms with Crippen molar-refractivity contribution in [2.75, 3.05) is 7.11 Å². The van der Waals surface area contributed by atoms with Gasteiger partial charge in [-0.3, -0.25) is 0 Å². The Morgan fingerprint density at radius 2 is 2.19 bits per heavy atom.